The van der Waals surface area contributed by atoms with Crippen molar-refractivity contribution in [1.82, 2.24) is 4.48 Å². The predicted molar refractivity (Wildman–Crippen MR) is 83.7 cm³/mol. The van der Waals surface area contributed by atoms with Gasteiger partial charge in [0.05, 0.1) is 12.6 Å². The number of aromatic hydroxyl groups is 2. The molecular formula is C18H20NO2+. The van der Waals surface area contributed by atoms with Crippen LogP contribution in [-0.4, -0.2) is 22.8 Å². The Kier molecular flexibility index (Phi) is 2.73. The van der Waals surface area contributed by atoms with Gasteiger partial charge < -0.3 is 10.2 Å². The van der Waals surface area contributed by atoms with Crippen LogP contribution in [0.25, 0.3) is 0 Å². The molecule has 1 heterocycles. The number of nitrogens with zero attached hydrogens (tertiary/aromatic N) is 1. The maximum atomic E-state index is 9.58. The van der Waals surface area contributed by atoms with Crippen LogP contribution >= 0.6 is 0 Å². The van der Waals surface area contributed by atoms with E-state index in [1.54, 1.807) is 24.3 Å². The summed E-state index contributed by atoms with van der Waals surface area (Å²) in [5.41, 5.74) is 2.48. The van der Waals surface area contributed by atoms with E-state index >= 15 is 0 Å². The minimum absolute atomic E-state index is 0.312. The van der Waals surface area contributed by atoms with E-state index in [1.165, 1.54) is 30.6 Å². The third-order valence-electron chi connectivity index (χ3n) is 5.30. The minimum Gasteiger partial charge on any atom is -0.508 e. The van der Waals surface area contributed by atoms with E-state index in [0.29, 0.717) is 17.5 Å². The molecule has 0 aromatic heterocycles. The summed E-state index contributed by atoms with van der Waals surface area (Å²) in [6, 6.07) is 15.9. The molecular weight excluding hydrogens is 262 g/mol. The van der Waals surface area contributed by atoms with Crippen molar-refractivity contribution in [3.8, 4) is 11.5 Å². The second-order valence-electron chi connectivity index (χ2n) is 6.42. The van der Waals surface area contributed by atoms with E-state index < -0.39 is 0 Å². The summed E-state index contributed by atoms with van der Waals surface area (Å²) in [6.07, 6.45) is 3.87. The molecule has 21 heavy (non-hydrogen) atoms. The SMILES string of the molecule is Oc1ccc([N+]2(c3ccc(O)cc3)CC3CCC2C3)cc1. The van der Waals surface area contributed by atoms with Gasteiger partial charge in [0.15, 0.2) is 0 Å². The fraction of sp³-hybridized carbons (Fsp3) is 0.333. The largest absolute Gasteiger partial charge is 0.508 e. The van der Waals surface area contributed by atoms with Crippen LogP contribution in [0, 0.1) is 5.92 Å². The van der Waals surface area contributed by atoms with Gasteiger partial charge in [-0.25, -0.2) is 0 Å². The highest BCUT2D eigenvalue weighted by atomic mass is 16.3. The Hall–Kier alpha value is -2.00. The molecule has 108 valence electrons. The minimum atomic E-state index is 0.312. The van der Waals surface area contributed by atoms with E-state index in [4.69, 9.17) is 0 Å². The predicted octanol–water partition coefficient (Wildman–Crippen LogP) is 3.92. The van der Waals surface area contributed by atoms with Crippen LogP contribution in [-0.2, 0) is 0 Å². The summed E-state index contributed by atoms with van der Waals surface area (Å²) in [7, 11) is 0. The molecule has 2 N–H and O–H groups in total. The lowest BCUT2D eigenvalue weighted by Crippen LogP contribution is -2.50. The third kappa shape index (κ3) is 1.84. The lowest BCUT2D eigenvalue weighted by Gasteiger charge is -2.41. The normalized spacial score (nSPS) is 26.1. The second kappa shape index (κ2) is 4.50. The lowest BCUT2D eigenvalue weighted by atomic mass is 10.0. The molecule has 1 saturated carbocycles. The molecule has 0 amide bonds. The highest BCUT2D eigenvalue weighted by Crippen LogP contribution is 2.51. The topological polar surface area (TPSA) is 40.5 Å². The Balaban J connectivity index is 1.87. The summed E-state index contributed by atoms with van der Waals surface area (Å²) in [5.74, 6) is 1.41. The summed E-state index contributed by atoms with van der Waals surface area (Å²) in [5, 5.41) is 19.2. The fourth-order valence-electron chi connectivity index (χ4n) is 4.39. The Morgan fingerprint density at radius 1 is 0.762 bits per heavy atom. The molecule has 1 aliphatic heterocycles. The van der Waals surface area contributed by atoms with Crippen molar-refractivity contribution in [2.45, 2.75) is 25.3 Å². The average Bonchev–Trinajstić information content (AvgIpc) is 3.10. The van der Waals surface area contributed by atoms with Crippen molar-refractivity contribution < 1.29 is 10.2 Å². The summed E-state index contributed by atoms with van der Waals surface area (Å²) in [6.45, 7) is 1.13. The second-order valence-corrected chi connectivity index (χ2v) is 6.42. The first-order chi connectivity index (χ1) is 10.2. The molecule has 3 heteroatoms. The average molecular weight is 282 g/mol. The Morgan fingerprint density at radius 3 is 1.67 bits per heavy atom. The van der Waals surface area contributed by atoms with Gasteiger partial charge in [-0.2, -0.15) is 0 Å². The Morgan fingerprint density at radius 2 is 1.29 bits per heavy atom. The number of piperidine rings is 1. The number of hydrogen-bond acceptors (Lipinski definition) is 2. The molecule has 0 spiro atoms. The van der Waals surface area contributed by atoms with Gasteiger partial charge in [-0.1, -0.05) is 0 Å². The van der Waals surface area contributed by atoms with E-state index in [0.717, 1.165) is 16.9 Å². The zero-order chi connectivity index (χ0) is 14.4. The molecule has 3 nitrogen and oxygen atoms in total. The quantitative estimate of drug-likeness (QED) is 0.820. The van der Waals surface area contributed by atoms with Crippen molar-refractivity contribution in [2.24, 2.45) is 5.92 Å². The van der Waals surface area contributed by atoms with Gasteiger partial charge in [-0.15, -0.1) is 0 Å². The standard InChI is InChI=1S/C18H19NO2/c20-17-7-3-14(4-8-17)19(12-13-1-2-16(19)11-13)15-5-9-18(21)10-6-15/h3-10,13,16H,1-2,11-12H2,(H-,20,21)/p+1. The molecule has 2 aromatic rings. The molecule has 4 rings (SSSR count). The molecule has 2 atom stereocenters. The molecule has 1 saturated heterocycles. The lowest BCUT2D eigenvalue weighted by molar-refractivity contribution is 0.300. The number of hydrogen-bond donors (Lipinski definition) is 2. The highest BCUT2D eigenvalue weighted by molar-refractivity contribution is 5.62. The van der Waals surface area contributed by atoms with Crippen molar-refractivity contribution in [2.75, 3.05) is 6.54 Å². The number of phenolic OH excluding ortho intramolecular Hbond substituents is 2. The maximum Gasteiger partial charge on any atom is 0.138 e. The van der Waals surface area contributed by atoms with E-state index in [9.17, 15) is 10.2 Å². The van der Waals surface area contributed by atoms with Crippen LogP contribution in [0.2, 0.25) is 0 Å². The number of quaternary nitrogens is 1. The van der Waals surface area contributed by atoms with Crippen LogP contribution < -0.4 is 4.48 Å². The maximum absolute atomic E-state index is 9.58. The van der Waals surface area contributed by atoms with Crippen LogP contribution in [0.1, 0.15) is 19.3 Å². The van der Waals surface area contributed by atoms with Gasteiger partial charge in [0, 0.05) is 43.0 Å². The molecule has 2 bridgehead atoms. The van der Waals surface area contributed by atoms with Crippen molar-refractivity contribution in [3.05, 3.63) is 48.5 Å². The number of rotatable bonds is 2. The van der Waals surface area contributed by atoms with Gasteiger partial charge in [0.1, 0.15) is 22.9 Å². The third-order valence-corrected chi connectivity index (χ3v) is 5.30. The van der Waals surface area contributed by atoms with Crippen molar-refractivity contribution in [1.29, 1.82) is 0 Å². The zero-order valence-electron chi connectivity index (χ0n) is 11.9. The van der Waals surface area contributed by atoms with E-state index in [1.807, 2.05) is 24.3 Å². The van der Waals surface area contributed by atoms with Gasteiger partial charge in [-0.05, 0) is 30.7 Å². The van der Waals surface area contributed by atoms with Crippen LogP contribution in [0.5, 0.6) is 11.5 Å². The molecule has 2 unspecified atom stereocenters. The van der Waals surface area contributed by atoms with Crippen LogP contribution in [0.15, 0.2) is 48.5 Å². The van der Waals surface area contributed by atoms with Gasteiger partial charge >= 0.3 is 0 Å². The first-order valence-corrected chi connectivity index (χ1v) is 7.65. The van der Waals surface area contributed by atoms with E-state index in [-0.39, 0.29) is 0 Å². The fourth-order valence-corrected chi connectivity index (χ4v) is 4.39. The van der Waals surface area contributed by atoms with Gasteiger partial charge in [0.25, 0.3) is 0 Å². The van der Waals surface area contributed by atoms with Crippen molar-refractivity contribution >= 4 is 11.4 Å². The highest BCUT2D eigenvalue weighted by Gasteiger charge is 2.53. The summed E-state index contributed by atoms with van der Waals surface area (Å²) >= 11 is 0. The first kappa shape index (κ1) is 12.7. The Bertz CT molecular complexity index is 602. The number of fused-ring (bicyclic) bond motifs is 2. The molecule has 2 fully saturated rings. The van der Waals surface area contributed by atoms with Crippen molar-refractivity contribution in [3.63, 3.8) is 0 Å². The van der Waals surface area contributed by atoms with Gasteiger partial charge in [0.2, 0.25) is 0 Å². The van der Waals surface area contributed by atoms with Crippen LogP contribution in [0.3, 0.4) is 0 Å². The number of phenols is 2. The summed E-state index contributed by atoms with van der Waals surface area (Å²) in [4.78, 5) is 0. The smallest absolute Gasteiger partial charge is 0.138 e. The van der Waals surface area contributed by atoms with E-state index in [2.05, 4.69) is 0 Å². The Labute approximate surface area is 124 Å². The summed E-state index contributed by atoms with van der Waals surface area (Å²) < 4.78 is 0.866. The van der Waals surface area contributed by atoms with Gasteiger partial charge in [-0.3, -0.25) is 4.48 Å². The number of benzene rings is 2. The molecule has 2 aromatic carbocycles. The first-order valence-electron chi connectivity index (χ1n) is 7.65. The molecule has 2 aliphatic rings. The zero-order valence-corrected chi connectivity index (χ0v) is 11.9. The van der Waals surface area contributed by atoms with Crippen LogP contribution in [0.4, 0.5) is 11.4 Å². The molecule has 0 radical (unpaired) electrons. The monoisotopic (exact) mass is 282 g/mol. The molecule has 1 aliphatic carbocycles.